The number of likely N-dealkylation sites (tertiary alicyclic amines) is 1. The van der Waals surface area contributed by atoms with Crippen LogP contribution in [0.5, 0.6) is 0 Å². The van der Waals surface area contributed by atoms with E-state index in [0.717, 1.165) is 38.3 Å². The molecule has 3 nitrogen and oxygen atoms in total. The van der Waals surface area contributed by atoms with Gasteiger partial charge >= 0.3 is 5.97 Å². The summed E-state index contributed by atoms with van der Waals surface area (Å²) in [5.74, 6) is 0.821. The molecule has 1 aliphatic rings. The van der Waals surface area contributed by atoms with Crippen LogP contribution in [0.3, 0.4) is 0 Å². The number of hydrogen-bond donors (Lipinski definition) is 0. The highest BCUT2D eigenvalue weighted by molar-refractivity contribution is 5.75. The second kappa shape index (κ2) is 9.35. The monoisotopic (exact) mass is 269 g/mol. The minimum Gasteiger partial charge on any atom is -0.468 e. The molecule has 19 heavy (non-hydrogen) atoms. The lowest BCUT2D eigenvalue weighted by Gasteiger charge is -2.28. The maximum Gasteiger partial charge on any atom is 0.323 e. The standard InChI is InChI=1S/C16H31NO2/c1-4-6-10-15(16(18)19-3)17-12-7-9-14(8-5-2)11-13-17/h14-15H,4-13H2,1-3H3. The fraction of sp³-hybridized carbons (Fsp3) is 0.938. The molecule has 0 spiro atoms. The summed E-state index contributed by atoms with van der Waals surface area (Å²) >= 11 is 0. The normalized spacial score (nSPS) is 22.8. The molecule has 2 unspecified atom stereocenters. The molecule has 0 amide bonds. The lowest BCUT2D eigenvalue weighted by Crippen LogP contribution is -2.42. The van der Waals surface area contributed by atoms with Gasteiger partial charge in [0, 0.05) is 0 Å². The smallest absolute Gasteiger partial charge is 0.323 e. The SMILES string of the molecule is CCCCC(C(=O)OC)N1CCCC(CCC)CC1. The van der Waals surface area contributed by atoms with Crippen LogP contribution >= 0.6 is 0 Å². The molecule has 1 aliphatic heterocycles. The first-order valence-electron chi connectivity index (χ1n) is 8.04. The third-order valence-corrected chi connectivity index (χ3v) is 4.32. The van der Waals surface area contributed by atoms with Crippen LogP contribution in [0.15, 0.2) is 0 Å². The Morgan fingerprint density at radius 2 is 2.05 bits per heavy atom. The van der Waals surface area contributed by atoms with E-state index in [-0.39, 0.29) is 12.0 Å². The van der Waals surface area contributed by atoms with Gasteiger partial charge < -0.3 is 4.74 Å². The number of hydrogen-bond acceptors (Lipinski definition) is 3. The van der Waals surface area contributed by atoms with E-state index in [0.29, 0.717) is 0 Å². The number of esters is 1. The predicted molar refractivity (Wildman–Crippen MR) is 79.2 cm³/mol. The Bertz CT molecular complexity index is 255. The Balaban J connectivity index is 2.55. The Labute approximate surface area is 118 Å². The fourth-order valence-electron chi connectivity index (χ4n) is 3.18. The minimum absolute atomic E-state index is 0.00896. The number of carbonyl (C=O) groups is 1. The molecule has 1 rings (SSSR count). The van der Waals surface area contributed by atoms with Crippen molar-refractivity contribution in [3.63, 3.8) is 0 Å². The maximum atomic E-state index is 12.0. The van der Waals surface area contributed by atoms with Crippen LogP contribution in [0.2, 0.25) is 0 Å². The molecule has 1 heterocycles. The van der Waals surface area contributed by atoms with Gasteiger partial charge in [-0.25, -0.2) is 0 Å². The lowest BCUT2D eigenvalue weighted by molar-refractivity contribution is -0.147. The first-order chi connectivity index (χ1) is 9.22. The number of unbranched alkanes of at least 4 members (excludes halogenated alkanes) is 1. The predicted octanol–water partition coefficient (Wildman–Crippen LogP) is 3.62. The zero-order chi connectivity index (χ0) is 14.1. The van der Waals surface area contributed by atoms with Crippen LogP contribution in [-0.4, -0.2) is 37.1 Å². The third kappa shape index (κ3) is 5.52. The summed E-state index contributed by atoms with van der Waals surface area (Å²) in [5, 5.41) is 0. The average Bonchev–Trinajstić information content (AvgIpc) is 2.65. The number of rotatable bonds is 7. The number of ether oxygens (including phenoxy) is 1. The van der Waals surface area contributed by atoms with Crippen LogP contribution < -0.4 is 0 Å². The molecule has 0 bridgehead atoms. The summed E-state index contributed by atoms with van der Waals surface area (Å²) in [6.45, 7) is 6.56. The Kier molecular flexibility index (Phi) is 8.11. The van der Waals surface area contributed by atoms with E-state index >= 15 is 0 Å². The first-order valence-corrected chi connectivity index (χ1v) is 8.04. The van der Waals surface area contributed by atoms with Gasteiger partial charge in [0.2, 0.25) is 0 Å². The topological polar surface area (TPSA) is 29.5 Å². The molecule has 0 N–H and O–H groups in total. The highest BCUT2D eigenvalue weighted by atomic mass is 16.5. The van der Waals surface area contributed by atoms with E-state index in [1.54, 1.807) is 0 Å². The van der Waals surface area contributed by atoms with E-state index in [1.165, 1.54) is 39.2 Å². The number of nitrogens with zero attached hydrogens (tertiary/aromatic N) is 1. The van der Waals surface area contributed by atoms with Crippen molar-refractivity contribution in [1.82, 2.24) is 4.90 Å². The van der Waals surface area contributed by atoms with Gasteiger partial charge in [0.25, 0.3) is 0 Å². The van der Waals surface area contributed by atoms with Crippen molar-refractivity contribution in [3.05, 3.63) is 0 Å². The third-order valence-electron chi connectivity index (χ3n) is 4.32. The van der Waals surface area contributed by atoms with Crippen molar-refractivity contribution in [2.45, 2.75) is 71.3 Å². The molecular formula is C16H31NO2. The molecule has 0 saturated carbocycles. The molecule has 0 aromatic rings. The van der Waals surface area contributed by atoms with Crippen LogP contribution in [0.25, 0.3) is 0 Å². The van der Waals surface area contributed by atoms with Gasteiger partial charge in [-0.1, -0.05) is 39.5 Å². The molecule has 1 saturated heterocycles. The lowest BCUT2D eigenvalue weighted by atomic mass is 9.96. The van der Waals surface area contributed by atoms with Gasteiger partial charge in [-0.05, 0) is 44.7 Å². The Hall–Kier alpha value is -0.570. The zero-order valence-electron chi connectivity index (χ0n) is 13.0. The van der Waals surface area contributed by atoms with E-state index in [4.69, 9.17) is 4.74 Å². The van der Waals surface area contributed by atoms with Gasteiger partial charge in [0.05, 0.1) is 7.11 Å². The van der Waals surface area contributed by atoms with Gasteiger partial charge in [0.1, 0.15) is 6.04 Å². The van der Waals surface area contributed by atoms with Crippen LogP contribution in [0, 0.1) is 5.92 Å². The number of methoxy groups -OCH3 is 1. The van der Waals surface area contributed by atoms with Gasteiger partial charge in [0.15, 0.2) is 0 Å². The van der Waals surface area contributed by atoms with Gasteiger partial charge in [-0.3, -0.25) is 9.69 Å². The second-order valence-electron chi connectivity index (χ2n) is 5.80. The Morgan fingerprint density at radius 1 is 1.26 bits per heavy atom. The molecule has 112 valence electrons. The molecule has 0 aliphatic carbocycles. The van der Waals surface area contributed by atoms with E-state index in [9.17, 15) is 4.79 Å². The van der Waals surface area contributed by atoms with E-state index in [1.807, 2.05) is 0 Å². The van der Waals surface area contributed by atoms with Crippen molar-refractivity contribution in [3.8, 4) is 0 Å². The molecular weight excluding hydrogens is 238 g/mol. The van der Waals surface area contributed by atoms with E-state index in [2.05, 4.69) is 18.7 Å². The van der Waals surface area contributed by atoms with Gasteiger partial charge in [-0.2, -0.15) is 0 Å². The van der Waals surface area contributed by atoms with Crippen LogP contribution in [0.1, 0.15) is 65.2 Å². The fourth-order valence-corrected chi connectivity index (χ4v) is 3.18. The quantitative estimate of drug-likeness (QED) is 0.661. The molecule has 0 aromatic heterocycles. The van der Waals surface area contributed by atoms with Crippen LogP contribution in [0.4, 0.5) is 0 Å². The van der Waals surface area contributed by atoms with Crippen molar-refractivity contribution in [2.75, 3.05) is 20.2 Å². The summed E-state index contributed by atoms with van der Waals surface area (Å²) in [5.41, 5.74) is 0. The average molecular weight is 269 g/mol. The molecule has 3 heteroatoms. The molecule has 2 atom stereocenters. The second-order valence-corrected chi connectivity index (χ2v) is 5.80. The summed E-state index contributed by atoms with van der Waals surface area (Å²) in [7, 11) is 1.51. The highest BCUT2D eigenvalue weighted by Gasteiger charge is 2.28. The first kappa shape index (κ1) is 16.5. The van der Waals surface area contributed by atoms with E-state index < -0.39 is 0 Å². The largest absolute Gasteiger partial charge is 0.468 e. The Morgan fingerprint density at radius 3 is 2.68 bits per heavy atom. The summed E-state index contributed by atoms with van der Waals surface area (Å²) in [4.78, 5) is 14.3. The molecule has 1 fully saturated rings. The van der Waals surface area contributed by atoms with Crippen molar-refractivity contribution in [2.24, 2.45) is 5.92 Å². The maximum absolute atomic E-state index is 12.0. The van der Waals surface area contributed by atoms with Gasteiger partial charge in [-0.15, -0.1) is 0 Å². The van der Waals surface area contributed by atoms with Crippen molar-refractivity contribution < 1.29 is 9.53 Å². The summed E-state index contributed by atoms with van der Waals surface area (Å²) in [6, 6.07) is -0.00896. The molecule has 0 aromatic carbocycles. The molecule has 0 radical (unpaired) electrons. The minimum atomic E-state index is -0.0395. The highest BCUT2D eigenvalue weighted by Crippen LogP contribution is 2.24. The number of carbonyl (C=O) groups excluding carboxylic acids is 1. The van der Waals surface area contributed by atoms with Crippen molar-refractivity contribution in [1.29, 1.82) is 0 Å². The summed E-state index contributed by atoms with van der Waals surface area (Å²) < 4.78 is 5.00. The van der Waals surface area contributed by atoms with Crippen molar-refractivity contribution >= 4 is 5.97 Å². The summed E-state index contributed by atoms with van der Waals surface area (Å²) in [6.07, 6.45) is 9.60. The zero-order valence-corrected chi connectivity index (χ0v) is 13.0. The van der Waals surface area contributed by atoms with Crippen LogP contribution in [-0.2, 0) is 9.53 Å².